The highest BCUT2D eigenvalue weighted by Crippen LogP contribution is 2.23. The van der Waals surface area contributed by atoms with E-state index < -0.39 is 31.1 Å². The van der Waals surface area contributed by atoms with E-state index in [1.807, 2.05) is 26.0 Å². The lowest BCUT2D eigenvalue weighted by Crippen LogP contribution is -2.37. The molecule has 7 nitrogen and oxygen atoms in total. The molecular formula is C14H18N2O5. The highest BCUT2D eigenvalue weighted by molar-refractivity contribution is 6.01. The van der Waals surface area contributed by atoms with E-state index >= 15 is 0 Å². The van der Waals surface area contributed by atoms with E-state index in [4.69, 9.17) is 5.11 Å². The lowest BCUT2D eigenvalue weighted by atomic mass is 10.0. The fourth-order valence-electron chi connectivity index (χ4n) is 1.66. The van der Waals surface area contributed by atoms with E-state index in [-0.39, 0.29) is 5.92 Å². The highest BCUT2D eigenvalue weighted by atomic mass is 16.5. The van der Waals surface area contributed by atoms with Gasteiger partial charge in [-0.3, -0.25) is 10.1 Å². The first kappa shape index (κ1) is 16.6. The van der Waals surface area contributed by atoms with Gasteiger partial charge < -0.3 is 15.2 Å². The third-order valence-electron chi connectivity index (χ3n) is 2.54. The van der Waals surface area contributed by atoms with E-state index in [9.17, 15) is 14.4 Å². The zero-order chi connectivity index (χ0) is 15.8. The third kappa shape index (κ3) is 6.05. The van der Waals surface area contributed by atoms with Crippen LogP contribution in [-0.2, 0) is 14.3 Å². The minimum atomic E-state index is -1.18. The Morgan fingerprint density at radius 1 is 1.19 bits per heavy atom. The van der Waals surface area contributed by atoms with Crippen molar-refractivity contribution in [1.29, 1.82) is 0 Å². The number of imide groups is 1. The van der Waals surface area contributed by atoms with Gasteiger partial charge in [0.25, 0.3) is 5.91 Å². The van der Waals surface area contributed by atoms with Gasteiger partial charge in [0.2, 0.25) is 0 Å². The van der Waals surface area contributed by atoms with Crippen LogP contribution < -0.4 is 10.6 Å². The number of carbonyl (C=O) groups is 3. The topological polar surface area (TPSA) is 105 Å². The van der Waals surface area contributed by atoms with E-state index in [2.05, 4.69) is 15.4 Å². The maximum absolute atomic E-state index is 11.7. The van der Waals surface area contributed by atoms with Crippen LogP contribution in [0.4, 0.5) is 10.5 Å². The predicted octanol–water partition coefficient (Wildman–Crippen LogP) is 1.56. The van der Waals surface area contributed by atoms with Crippen LogP contribution in [0.1, 0.15) is 25.3 Å². The van der Waals surface area contributed by atoms with Crippen LogP contribution in [0.5, 0.6) is 0 Å². The van der Waals surface area contributed by atoms with Crippen LogP contribution in [0.2, 0.25) is 0 Å². The number of anilines is 1. The Morgan fingerprint density at radius 2 is 1.86 bits per heavy atom. The Labute approximate surface area is 122 Å². The number of urea groups is 1. The normalized spacial score (nSPS) is 10.2. The molecule has 1 aromatic rings. The third-order valence-corrected chi connectivity index (χ3v) is 2.54. The number of carbonyl (C=O) groups excluding carboxylic acids is 2. The van der Waals surface area contributed by atoms with Crippen LogP contribution in [-0.4, -0.2) is 36.2 Å². The van der Waals surface area contributed by atoms with Gasteiger partial charge in [-0.1, -0.05) is 32.0 Å². The van der Waals surface area contributed by atoms with Crippen molar-refractivity contribution in [2.45, 2.75) is 19.8 Å². The second-order valence-electron chi connectivity index (χ2n) is 4.63. The van der Waals surface area contributed by atoms with Crippen molar-refractivity contribution in [2.75, 3.05) is 18.5 Å². The summed E-state index contributed by atoms with van der Waals surface area (Å²) in [5, 5.41) is 13.0. The van der Waals surface area contributed by atoms with Gasteiger partial charge >= 0.3 is 12.0 Å². The van der Waals surface area contributed by atoms with Crippen molar-refractivity contribution in [3.8, 4) is 0 Å². The van der Waals surface area contributed by atoms with E-state index in [1.54, 1.807) is 12.1 Å². The van der Waals surface area contributed by atoms with Gasteiger partial charge in [-0.2, -0.15) is 0 Å². The van der Waals surface area contributed by atoms with Crippen LogP contribution in [0, 0.1) is 0 Å². The molecule has 0 atom stereocenters. The fourth-order valence-corrected chi connectivity index (χ4v) is 1.66. The average Bonchev–Trinajstić information content (AvgIpc) is 2.38. The first-order valence-corrected chi connectivity index (χ1v) is 6.39. The standard InChI is InChI=1S/C14H18N2O5/c1-9(2)10-5-3-4-6-11(10)15-14(20)16-12(17)7-21-8-13(18)19/h3-6,9H,7-8H2,1-2H3,(H,18,19)(H2,15,16,17,20). The van der Waals surface area contributed by atoms with Gasteiger partial charge in [-0.15, -0.1) is 0 Å². The Morgan fingerprint density at radius 3 is 2.48 bits per heavy atom. The lowest BCUT2D eigenvalue weighted by Gasteiger charge is -2.13. The zero-order valence-electron chi connectivity index (χ0n) is 11.9. The molecule has 0 fully saturated rings. The number of para-hydroxylation sites is 1. The number of aliphatic carboxylic acids is 1. The Hall–Kier alpha value is -2.41. The molecule has 0 aromatic heterocycles. The second kappa shape index (κ2) is 8.01. The van der Waals surface area contributed by atoms with Gasteiger partial charge in [-0.25, -0.2) is 9.59 Å². The number of carboxylic acids is 1. The Kier molecular flexibility index (Phi) is 6.35. The smallest absolute Gasteiger partial charge is 0.329 e. The quantitative estimate of drug-likeness (QED) is 0.738. The molecule has 0 aliphatic heterocycles. The average molecular weight is 294 g/mol. The van der Waals surface area contributed by atoms with Gasteiger partial charge in [0.15, 0.2) is 0 Å². The van der Waals surface area contributed by atoms with Crippen molar-refractivity contribution < 1.29 is 24.2 Å². The molecule has 0 bridgehead atoms. The molecule has 3 N–H and O–H groups in total. The van der Waals surface area contributed by atoms with E-state index in [0.29, 0.717) is 5.69 Å². The Balaban J connectivity index is 2.50. The monoisotopic (exact) mass is 294 g/mol. The summed E-state index contributed by atoms with van der Waals surface area (Å²) in [7, 11) is 0. The summed E-state index contributed by atoms with van der Waals surface area (Å²) in [4.78, 5) is 33.2. The van der Waals surface area contributed by atoms with Gasteiger partial charge in [-0.05, 0) is 17.5 Å². The summed E-state index contributed by atoms with van der Waals surface area (Å²) in [5.74, 6) is -1.68. The maximum Gasteiger partial charge on any atom is 0.329 e. The predicted molar refractivity (Wildman–Crippen MR) is 76.1 cm³/mol. The number of benzene rings is 1. The summed E-state index contributed by atoms with van der Waals surface area (Å²) >= 11 is 0. The van der Waals surface area contributed by atoms with Crippen LogP contribution in [0.3, 0.4) is 0 Å². The number of nitrogens with one attached hydrogen (secondary N) is 2. The largest absolute Gasteiger partial charge is 0.480 e. The lowest BCUT2D eigenvalue weighted by molar-refractivity contribution is -0.143. The van der Waals surface area contributed by atoms with Crippen LogP contribution >= 0.6 is 0 Å². The first-order valence-electron chi connectivity index (χ1n) is 6.39. The van der Waals surface area contributed by atoms with Crippen molar-refractivity contribution in [2.24, 2.45) is 0 Å². The molecule has 0 saturated carbocycles. The summed E-state index contributed by atoms with van der Waals surface area (Å²) in [6.07, 6.45) is 0. The minimum absolute atomic E-state index is 0.219. The zero-order valence-corrected chi connectivity index (χ0v) is 11.9. The maximum atomic E-state index is 11.7. The molecule has 0 heterocycles. The van der Waals surface area contributed by atoms with Gasteiger partial charge in [0, 0.05) is 5.69 Å². The van der Waals surface area contributed by atoms with Crippen molar-refractivity contribution >= 4 is 23.6 Å². The number of amides is 3. The van der Waals surface area contributed by atoms with Gasteiger partial charge in [0.05, 0.1) is 0 Å². The SMILES string of the molecule is CC(C)c1ccccc1NC(=O)NC(=O)COCC(=O)O. The molecule has 7 heteroatoms. The number of hydrogen-bond acceptors (Lipinski definition) is 4. The molecule has 0 saturated heterocycles. The summed E-state index contributed by atoms with van der Waals surface area (Å²) < 4.78 is 4.58. The van der Waals surface area contributed by atoms with Gasteiger partial charge in [0.1, 0.15) is 13.2 Å². The van der Waals surface area contributed by atoms with E-state index in [0.717, 1.165) is 5.56 Å². The van der Waals surface area contributed by atoms with Crippen LogP contribution in [0.15, 0.2) is 24.3 Å². The minimum Gasteiger partial charge on any atom is -0.480 e. The Bertz CT molecular complexity index is 528. The molecule has 0 spiro atoms. The summed E-state index contributed by atoms with van der Waals surface area (Å²) in [6.45, 7) is 2.89. The summed E-state index contributed by atoms with van der Waals surface area (Å²) in [5.41, 5.74) is 1.56. The molecule has 0 aliphatic rings. The fraction of sp³-hybridized carbons (Fsp3) is 0.357. The molecule has 1 aromatic carbocycles. The number of ether oxygens (including phenoxy) is 1. The molecule has 1 rings (SSSR count). The molecule has 114 valence electrons. The second-order valence-corrected chi connectivity index (χ2v) is 4.63. The molecule has 21 heavy (non-hydrogen) atoms. The van der Waals surface area contributed by atoms with E-state index in [1.165, 1.54) is 0 Å². The molecule has 0 unspecified atom stereocenters. The van der Waals surface area contributed by atoms with Crippen molar-refractivity contribution in [3.63, 3.8) is 0 Å². The van der Waals surface area contributed by atoms with Crippen molar-refractivity contribution in [3.05, 3.63) is 29.8 Å². The number of carboxylic acid groups (broad SMARTS) is 1. The van der Waals surface area contributed by atoms with Crippen LogP contribution in [0.25, 0.3) is 0 Å². The molecular weight excluding hydrogens is 276 g/mol. The molecule has 0 radical (unpaired) electrons. The first-order chi connectivity index (χ1) is 9.90. The molecule has 0 aliphatic carbocycles. The summed E-state index contributed by atoms with van der Waals surface area (Å²) in [6, 6.07) is 6.58. The van der Waals surface area contributed by atoms with Crippen molar-refractivity contribution in [1.82, 2.24) is 5.32 Å². The number of rotatable bonds is 6. The highest BCUT2D eigenvalue weighted by Gasteiger charge is 2.12. The molecule has 3 amide bonds. The number of hydrogen-bond donors (Lipinski definition) is 3.